The van der Waals surface area contributed by atoms with E-state index in [4.69, 9.17) is 11.6 Å². The quantitative estimate of drug-likeness (QED) is 0.876. The minimum atomic E-state index is -0.874. The Hall–Kier alpha value is -1.09. The number of rotatable bonds is 2. The second-order valence-electron chi connectivity index (χ2n) is 4.68. The molecule has 1 aliphatic rings. The second-order valence-corrected chi connectivity index (χ2v) is 5.08. The van der Waals surface area contributed by atoms with Gasteiger partial charge in [-0.1, -0.05) is 24.4 Å². The van der Waals surface area contributed by atoms with Crippen molar-refractivity contribution in [3.8, 4) is 0 Å². The summed E-state index contributed by atoms with van der Waals surface area (Å²) < 4.78 is 13.3. The second kappa shape index (κ2) is 4.30. The number of aryl methyl sites for hydroxylation is 1. The molecule has 1 saturated carbocycles. The zero-order valence-corrected chi connectivity index (χ0v) is 10.4. The van der Waals surface area contributed by atoms with Crippen molar-refractivity contribution in [3.05, 3.63) is 34.1 Å². The van der Waals surface area contributed by atoms with E-state index in [2.05, 4.69) is 0 Å². The minimum absolute atomic E-state index is 0.00174. The molecule has 0 atom stereocenters. The fraction of sp³-hybridized carbons (Fsp3) is 0.462. The van der Waals surface area contributed by atoms with Crippen LogP contribution in [-0.4, -0.2) is 11.1 Å². The van der Waals surface area contributed by atoms with Crippen molar-refractivity contribution in [1.82, 2.24) is 0 Å². The molecule has 1 aromatic carbocycles. The smallest absolute Gasteiger partial charge is 0.314 e. The summed E-state index contributed by atoms with van der Waals surface area (Å²) in [7, 11) is 0. The first-order valence-electron chi connectivity index (χ1n) is 5.67. The molecule has 0 saturated heterocycles. The first-order valence-corrected chi connectivity index (χ1v) is 6.05. The van der Waals surface area contributed by atoms with Crippen molar-refractivity contribution in [1.29, 1.82) is 0 Å². The molecule has 92 valence electrons. The van der Waals surface area contributed by atoms with Gasteiger partial charge in [0.05, 0.1) is 10.4 Å². The predicted molar refractivity (Wildman–Crippen MR) is 63.9 cm³/mol. The number of hydrogen-bond acceptors (Lipinski definition) is 1. The van der Waals surface area contributed by atoms with Crippen LogP contribution < -0.4 is 0 Å². The first kappa shape index (κ1) is 12.4. The first-order chi connectivity index (χ1) is 7.97. The highest BCUT2D eigenvalue weighted by molar-refractivity contribution is 6.30. The van der Waals surface area contributed by atoms with Crippen LogP contribution in [0.1, 0.15) is 36.8 Å². The average molecular weight is 257 g/mol. The molecule has 0 aliphatic heterocycles. The van der Waals surface area contributed by atoms with E-state index in [1.165, 1.54) is 12.1 Å². The van der Waals surface area contributed by atoms with Gasteiger partial charge in [-0.25, -0.2) is 4.39 Å². The third kappa shape index (κ3) is 1.93. The molecule has 0 aromatic heterocycles. The van der Waals surface area contributed by atoms with Gasteiger partial charge in [-0.05, 0) is 43.0 Å². The summed E-state index contributed by atoms with van der Waals surface area (Å²) >= 11 is 5.76. The lowest BCUT2D eigenvalue weighted by atomic mass is 9.77. The molecule has 0 radical (unpaired) electrons. The van der Waals surface area contributed by atoms with Gasteiger partial charge in [-0.2, -0.15) is 0 Å². The van der Waals surface area contributed by atoms with Crippen LogP contribution in [0.15, 0.2) is 12.1 Å². The molecule has 1 N–H and O–H groups in total. The monoisotopic (exact) mass is 256 g/mol. The Labute approximate surface area is 104 Å². The number of benzene rings is 1. The Morgan fingerprint density at radius 1 is 1.41 bits per heavy atom. The van der Waals surface area contributed by atoms with E-state index in [1.54, 1.807) is 6.92 Å². The Morgan fingerprint density at radius 2 is 2.00 bits per heavy atom. The van der Waals surface area contributed by atoms with E-state index in [1.807, 2.05) is 0 Å². The molecule has 17 heavy (non-hydrogen) atoms. The van der Waals surface area contributed by atoms with Crippen LogP contribution in [0.4, 0.5) is 4.39 Å². The number of aliphatic carboxylic acids is 1. The van der Waals surface area contributed by atoms with Crippen LogP contribution in [0.25, 0.3) is 0 Å². The number of halogens is 2. The lowest BCUT2D eigenvalue weighted by Gasteiger charge is -2.26. The maximum Gasteiger partial charge on any atom is 0.314 e. The van der Waals surface area contributed by atoms with Crippen LogP contribution in [-0.2, 0) is 10.2 Å². The summed E-state index contributed by atoms with van der Waals surface area (Å²) in [6.07, 6.45) is 2.98. The number of carboxylic acid groups (broad SMARTS) is 1. The highest BCUT2D eigenvalue weighted by atomic mass is 35.5. The van der Waals surface area contributed by atoms with Crippen molar-refractivity contribution in [3.63, 3.8) is 0 Å². The van der Waals surface area contributed by atoms with Gasteiger partial charge in [0.25, 0.3) is 0 Å². The predicted octanol–water partition coefficient (Wildman–Crippen LogP) is 3.68. The third-order valence-corrected chi connectivity index (χ3v) is 3.94. The molecule has 4 heteroatoms. The zero-order valence-electron chi connectivity index (χ0n) is 9.59. The summed E-state index contributed by atoms with van der Waals surface area (Å²) in [5, 5.41) is 9.46. The molecule has 0 spiro atoms. The normalized spacial score (nSPS) is 18.3. The van der Waals surface area contributed by atoms with Crippen molar-refractivity contribution < 1.29 is 14.3 Å². The molecular formula is C13H14ClFO2. The average Bonchev–Trinajstić information content (AvgIpc) is 2.73. The maximum absolute atomic E-state index is 13.3. The maximum atomic E-state index is 13.3. The molecule has 1 aromatic rings. The number of carboxylic acids is 1. The molecule has 2 nitrogen and oxygen atoms in total. The topological polar surface area (TPSA) is 37.3 Å². The van der Waals surface area contributed by atoms with Crippen molar-refractivity contribution in [2.24, 2.45) is 0 Å². The van der Waals surface area contributed by atoms with Gasteiger partial charge in [0.2, 0.25) is 0 Å². The summed E-state index contributed by atoms with van der Waals surface area (Å²) in [6, 6.07) is 2.80. The van der Waals surface area contributed by atoms with Crippen molar-refractivity contribution >= 4 is 17.6 Å². The fourth-order valence-corrected chi connectivity index (χ4v) is 2.90. The van der Waals surface area contributed by atoms with E-state index in [0.717, 1.165) is 12.8 Å². The molecule has 0 heterocycles. The van der Waals surface area contributed by atoms with Gasteiger partial charge in [0.1, 0.15) is 5.82 Å². The Bertz CT molecular complexity index is 465. The molecule has 0 unspecified atom stereocenters. The van der Waals surface area contributed by atoms with Gasteiger partial charge in [0, 0.05) is 0 Å². The minimum Gasteiger partial charge on any atom is -0.481 e. The Balaban J connectivity index is 2.58. The molecule has 1 fully saturated rings. The lowest BCUT2D eigenvalue weighted by molar-refractivity contribution is -0.143. The lowest BCUT2D eigenvalue weighted by Crippen LogP contribution is -2.33. The Kier molecular flexibility index (Phi) is 3.13. The van der Waals surface area contributed by atoms with E-state index < -0.39 is 17.2 Å². The molecule has 0 bridgehead atoms. The SMILES string of the molecule is Cc1cc(F)c(Cl)cc1C1(C(=O)O)CCCC1. The van der Waals surface area contributed by atoms with Gasteiger partial charge in [-0.3, -0.25) is 4.79 Å². The van der Waals surface area contributed by atoms with Gasteiger partial charge in [-0.15, -0.1) is 0 Å². The highest BCUT2D eigenvalue weighted by Crippen LogP contribution is 2.43. The van der Waals surface area contributed by atoms with Crippen LogP contribution in [0, 0.1) is 12.7 Å². The molecule has 2 rings (SSSR count). The summed E-state index contributed by atoms with van der Waals surface area (Å²) in [6.45, 7) is 1.73. The van der Waals surface area contributed by atoms with E-state index in [0.29, 0.717) is 24.0 Å². The number of carbonyl (C=O) groups is 1. The molecule has 1 aliphatic carbocycles. The van der Waals surface area contributed by atoms with Crippen LogP contribution >= 0.6 is 11.6 Å². The van der Waals surface area contributed by atoms with Crippen LogP contribution in [0.5, 0.6) is 0 Å². The summed E-state index contributed by atoms with van der Waals surface area (Å²) in [5.41, 5.74) is 0.451. The van der Waals surface area contributed by atoms with Crippen molar-refractivity contribution in [2.45, 2.75) is 38.0 Å². The highest BCUT2D eigenvalue weighted by Gasteiger charge is 2.44. The fourth-order valence-electron chi connectivity index (χ4n) is 2.74. The standard InChI is InChI=1S/C13H14ClFO2/c1-8-6-11(15)10(14)7-9(8)13(12(16)17)4-2-3-5-13/h6-7H,2-5H2,1H3,(H,16,17). The Morgan fingerprint density at radius 3 is 2.53 bits per heavy atom. The zero-order chi connectivity index (χ0) is 12.6. The number of hydrogen-bond donors (Lipinski definition) is 1. The molecular weight excluding hydrogens is 243 g/mol. The largest absolute Gasteiger partial charge is 0.481 e. The van der Waals surface area contributed by atoms with Crippen molar-refractivity contribution in [2.75, 3.05) is 0 Å². The third-order valence-electron chi connectivity index (χ3n) is 3.65. The van der Waals surface area contributed by atoms with Gasteiger partial charge >= 0.3 is 5.97 Å². The summed E-state index contributed by atoms with van der Waals surface area (Å²) in [4.78, 5) is 11.5. The molecule has 0 amide bonds. The van der Waals surface area contributed by atoms with E-state index >= 15 is 0 Å². The summed E-state index contributed by atoms with van der Waals surface area (Å²) in [5.74, 6) is -1.33. The van der Waals surface area contributed by atoms with Crippen LogP contribution in [0.3, 0.4) is 0 Å². The van der Waals surface area contributed by atoms with E-state index in [9.17, 15) is 14.3 Å². The van der Waals surface area contributed by atoms with Gasteiger partial charge < -0.3 is 5.11 Å². The van der Waals surface area contributed by atoms with Crippen LogP contribution in [0.2, 0.25) is 5.02 Å². The van der Waals surface area contributed by atoms with E-state index in [-0.39, 0.29) is 5.02 Å². The van der Waals surface area contributed by atoms with Gasteiger partial charge in [0.15, 0.2) is 0 Å².